The number of allylic oxidation sites excluding steroid dienone is 1. The molecule has 0 bridgehead atoms. The third-order valence-corrected chi connectivity index (χ3v) is 8.85. The number of hydrogen-bond donors (Lipinski definition) is 1. The summed E-state index contributed by atoms with van der Waals surface area (Å²) in [5.74, 6) is -2.60. The SMILES string of the molecule is C=CCCCO[C@@H]1O[C@H](C(=O)OC)[C@@H](O[C@H]2O[C@H](COC(C)=O)[C@@H](O)[C@H](OCc3ccccc3)[C@H]2N=[N+]=[N-])[C@H](OCc2ccccc2)[C@H]1OC(=O)CCC(C)=O. The van der Waals surface area contributed by atoms with Gasteiger partial charge in [-0.15, -0.1) is 6.58 Å². The van der Waals surface area contributed by atoms with E-state index in [1.165, 1.54) is 13.8 Å². The van der Waals surface area contributed by atoms with E-state index in [1.807, 2.05) is 12.1 Å². The van der Waals surface area contributed by atoms with Gasteiger partial charge in [0.05, 0.1) is 39.5 Å². The molecule has 0 amide bonds. The summed E-state index contributed by atoms with van der Waals surface area (Å²) in [5.41, 5.74) is 11.1. The zero-order valence-electron chi connectivity index (χ0n) is 31.6. The number of ketones is 1. The summed E-state index contributed by atoms with van der Waals surface area (Å²) in [6.07, 6.45) is -10.6. The van der Waals surface area contributed by atoms with Crippen LogP contribution in [0.4, 0.5) is 0 Å². The number of carbonyl (C=O) groups excluding carboxylic acids is 4. The summed E-state index contributed by atoms with van der Waals surface area (Å²) in [5, 5.41) is 15.3. The monoisotopic (exact) mass is 783 g/mol. The Kier molecular flexibility index (Phi) is 17.9. The van der Waals surface area contributed by atoms with Crippen LogP contribution in [-0.2, 0) is 75.0 Å². The molecule has 2 aliphatic rings. The molecule has 2 fully saturated rings. The smallest absolute Gasteiger partial charge is 0.337 e. The largest absolute Gasteiger partial charge is 0.467 e. The predicted octanol–water partition coefficient (Wildman–Crippen LogP) is 4.03. The lowest BCUT2D eigenvalue weighted by Crippen LogP contribution is -2.66. The number of hydrogen-bond acceptors (Lipinski definition) is 15. The normalized spacial score (nSPS) is 27.3. The second kappa shape index (κ2) is 22.7. The molecular weight excluding hydrogens is 734 g/mol. The Hall–Kier alpha value is -4.71. The van der Waals surface area contributed by atoms with Crippen LogP contribution >= 0.6 is 0 Å². The molecule has 2 aromatic carbocycles. The van der Waals surface area contributed by atoms with Crippen LogP contribution in [0, 0.1) is 0 Å². The van der Waals surface area contributed by atoms with Crippen molar-refractivity contribution in [3.8, 4) is 0 Å². The molecule has 56 heavy (non-hydrogen) atoms. The van der Waals surface area contributed by atoms with Crippen LogP contribution < -0.4 is 0 Å². The fourth-order valence-corrected chi connectivity index (χ4v) is 6.05. The Morgan fingerprint density at radius 1 is 0.875 bits per heavy atom. The van der Waals surface area contributed by atoms with Gasteiger partial charge in [0.1, 0.15) is 42.8 Å². The topological polar surface area (TPSA) is 220 Å². The lowest BCUT2D eigenvalue weighted by atomic mass is 9.95. The first-order chi connectivity index (χ1) is 27.1. The van der Waals surface area contributed by atoms with E-state index in [4.69, 9.17) is 42.6 Å². The number of nitrogens with zero attached hydrogens (tertiary/aromatic N) is 3. The number of rotatable bonds is 21. The average Bonchev–Trinajstić information content (AvgIpc) is 3.19. The maximum Gasteiger partial charge on any atom is 0.337 e. The van der Waals surface area contributed by atoms with Gasteiger partial charge in [-0.05, 0) is 36.4 Å². The van der Waals surface area contributed by atoms with E-state index in [0.29, 0.717) is 18.4 Å². The van der Waals surface area contributed by atoms with Crippen LogP contribution in [0.2, 0.25) is 0 Å². The van der Waals surface area contributed by atoms with Crippen molar-refractivity contribution in [1.82, 2.24) is 0 Å². The Morgan fingerprint density at radius 3 is 2.09 bits per heavy atom. The predicted molar refractivity (Wildman–Crippen MR) is 195 cm³/mol. The summed E-state index contributed by atoms with van der Waals surface area (Å²) in [6, 6.07) is 16.6. The van der Waals surface area contributed by atoms with Gasteiger partial charge in [-0.25, -0.2) is 4.79 Å². The van der Waals surface area contributed by atoms with Gasteiger partial charge in [0.2, 0.25) is 0 Å². The molecule has 0 aliphatic carbocycles. The lowest BCUT2D eigenvalue weighted by Gasteiger charge is -2.48. The van der Waals surface area contributed by atoms with Crippen molar-refractivity contribution in [2.45, 2.75) is 114 Å². The van der Waals surface area contributed by atoms with Crippen LogP contribution in [0.1, 0.15) is 50.7 Å². The molecule has 2 heterocycles. The van der Waals surface area contributed by atoms with E-state index in [1.54, 1.807) is 54.6 Å². The highest BCUT2D eigenvalue weighted by Gasteiger charge is 2.56. The molecule has 2 aliphatic heterocycles. The first-order valence-electron chi connectivity index (χ1n) is 18.2. The highest BCUT2D eigenvalue weighted by atomic mass is 16.8. The van der Waals surface area contributed by atoms with E-state index in [0.717, 1.165) is 12.7 Å². The fourth-order valence-electron chi connectivity index (χ4n) is 6.05. The number of carbonyl (C=O) groups is 4. The second-order valence-electron chi connectivity index (χ2n) is 13.1. The van der Waals surface area contributed by atoms with Crippen LogP contribution in [-0.4, -0.2) is 110 Å². The van der Waals surface area contributed by atoms with Crippen molar-refractivity contribution < 1.29 is 66.9 Å². The summed E-state index contributed by atoms with van der Waals surface area (Å²) in [7, 11) is 1.13. The number of aliphatic hydroxyl groups excluding tert-OH is 1. The molecule has 304 valence electrons. The quantitative estimate of drug-likeness (QED) is 0.0359. The van der Waals surface area contributed by atoms with Crippen molar-refractivity contribution >= 4 is 23.7 Å². The number of ether oxygens (including phenoxy) is 9. The van der Waals surface area contributed by atoms with Crippen molar-refractivity contribution in [3.05, 3.63) is 94.9 Å². The molecule has 2 saturated heterocycles. The lowest BCUT2D eigenvalue weighted by molar-refractivity contribution is -0.347. The van der Waals surface area contributed by atoms with Gasteiger partial charge >= 0.3 is 17.9 Å². The average molecular weight is 784 g/mol. The molecule has 1 N–H and O–H groups in total. The van der Waals surface area contributed by atoms with Gasteiger partial charge in [-0.2, -0.15) is 0 Å². The van der Waals surface area contributed by atoms with E-state index in [9.17, 15) is 29.8 Å². The van der Waals surface area contributed by atoms with E-state index in [-0.39, 0.29) is 38.4 Å². The zero-order valence-corrected chi connectivity index (χ0v) is 31.6. The number of methoxy groups -OCH3 is 1. The number of aliphatic hydroxyl groups is 1. The molecule has 17 heteroatoms. The molecule has 0 aromatic heterocycles. The van der Waals surface area contributed by atoms with Crippen molar-refractivity contribution in [2.75, 3.05) is 20.3 Å². The molecule has 0 unspecified atom stereocenters. The van der Waals surface area contributed by atoms with Gasteiger partial charge in [-0.3, -0.25) is 9.59 Å². The summed E-state index contributed by atoms with van der Waals surface area (Å²) >= 11 is 0. The molecule has 0 spiro atoms. The van der Waals surface area contributed by atoms with E-state index < -0.39 is 85.9 Å². The van der Waals surface area contributed by atoms with Crippen molar-refractivity contribution in [1.29, 1.82) is 0 Å². The number of Topliss-reactive ketones (excluding diaryl/α,β-unsaturated/α-hetero) is 1. The Bertz CT molecular complexity index is 1630. The molecule has 2 aromatic rings. The summed E-state index contributed by atoms with van der Waals surface area (Å²) in [4.78, 5) is 53.4. The second-order valence-corrected chi connectivity index (χ2v) is 13.1. The maximum absolute atomic E-state index is 13.5. The van der Waals surface area contributed by atoms with Crippen molar-refractivity contribution in [2.24, 2.45) is 5.11 Å². The highest BCUT2D eigenvalue weighted by molar-refractivity contribution is 5.81. The minimum atomic E-state index is -1.62. The first kappa shape index (κ1) is 44.0. The van der Waals surface area contributed by atoms with Gasteiger partial charge in [0.25, 0.3) is 0 Å². The van der Waals surface area contributed by atoms with Crippen LogP contribution in [0.5, 0.6) is 0 Å². The van der Waals surface area contributed by atoms with Crippen LogP contribution in [0.3, 0.4) is 0 Å². The van der Waals surface area contributed by atoms with Gasteiger partial charge < -0.3 is 52.5 Å². The Labute approximate surface area is 324 Å². The molecule has 0 radical (unpaired) electrons. The summed E-state index contributed by atoms with van der Waals surface area (Å²) in [6.45, 7) is 5.78. The Balaban J connectivity index is 1.78. The number of unbranched alkanes of at least 4 members (excludes halogenated alkanes) is 1. The summed E-state index contributed by atoms with van der Waals surface area (Å²) < 4.78 is 53.7. The van der Waals surface area contributed by atoms with Gasteiger partial charge in [0.15, 0.2) is 24.8 Å². The minimum absolute atomic E-state index is 0.0314. The number of benzene rings is 2. The number of esters is 3. The molecule has 0 saturated carbocycles. The van der Waals surface area contributed by atoms with E-state index >= 15 is 0 Å². The molecular formula is C39H49N3O14. The standard InChI is InChI=1S/C39H49N3O14/c1-5-6-13-20-49-39-36(54-29(45)19-18-24(2)43)33(52-22-27-16-11-8-12-17-27)34(35(56-39)37(47)48-4)55-38-30(41-42-40)32(51-21-26-14-9-7-10-15-26)31(46)28(53-38)23-50-25(3)44/h5,7-12,14-17,28,30-36,38-39,46H,1,6,13,18-23H2,2-4H3/t28-,30-,31-,32-,33+,34+,35+,36-,38-,39-/m1/s1. The minimum Gasteiger partial charge on any atom is -0.467 e. The number of azide groups is 1. The third-order valence-electron chi connectivity index (χ3n) is 8.85. The highest BCUT2D eigenvalue weighted by Crippen LogP contribution is 2.35. The molecule has 10 atom stereocenters. The van der Waals surface area contributed by atoms with Gasteiger partial charge in [0, 0.05) is 18.3 Å². The fraction of sp³-hybridized carbons (Fsp3) is 0.538. The third kappa shape index (κ3) is 12.9. The Morgan fingerprint density at radius 2 is 1.52 bits per heavy atom. The molecule has 4 rings (SSSR count). The molecule has 17 nitrogen and oxygen atoms in total. The first-order valence-corrected chi connectivity index (χ1v) is 18.2. The van der Waals surface area contributed by atoms with Gasteiger partial charge in [-0.1, -0.05) is 71.9 Å². The zero-order chi connectivity index (χ0) is 40.5. The van der Waals surface area contributed by atoms with Crippen molar-refractivity contribution in [3.63, 3.8) is 0 Å². The van der Waals surface area contributed by atoms with Crippen LogP contribution in [0.15, 0.2) is 78.4 Å². The van der Waals surface area contributed by atoms with Crippen LogP contribution in [0.25, 0.3) is 10.4 Å². The maximum atomic E-state index is 13.5. The van der Waals surface area contributed by atoms with E-state index in [2.05, 4.69) is 16.6 Å².